The third-order valence-electron chi connectivity index (χ3n) is 19.8. The SMILES string of the molecule is CCCCCCCCCCCCCC/C=C/CC/C=C/CC/C=C/C(O)C(COC1OC(CO)C(OC2OC(CO)C(O)C(O)C2O)C(O)C1O)NC(=O)CCCCCCCCCCCCCCCCCCCCCCCCCCCCCCCCCCCCCCCC. The summed E-state index contributed by atoms with van der Waals surface area (Å²) < 4.78 is 22.9. The van der Waals surface area contributed by atoms with E-state index in [0.717, 1.165) is 44.9 Å². The van der Waals surface area contributed by atoms with Crippen molar-refractivity contribution in [3.8, 4) is 0 Å². The third kappa shape index (κ3) is 47.3. The number of rotatable bonds is 68. The molecule has 554 valence electrons. The average Bonchev–Trinajstić information content (AvgIpc) is 0.794. The number of unbranched alkanes of at least 4 members (excludes halogenated alkanes) is 51. The molecule has 14 nitrogen and oxygen atoms in total. The van der Waals surface area contributed by atoms with E-state index < -0.39 is 86.8 Å². The van der Waals surface area contributed by atoms with E-state index in [2.05, 4.69) is 43.5 Å². The molecule has 0 saturated carbocycles. The number of aliphatic hydroxyl groups is 8. The lowest BCUT2D eigenvalue weighted by Crippen LogP contribution is -2.65. The molecule has 2 aliphatic rings. The number of carbonyl (C=O) groups excluding carboxylic acids is 1. The number of nitrogens with one attached hydrogen (secondary N) is 1. The van der Waals surface area contributed by atoms with Gasteiger partial charge in [-0.05, 0) is 44.9 Å². The Hall–Kier alpha value is -1.79. The molecule has 12 unspecified atom stereocenters. The van der Waals surface area contributed by atoms with Crippen LogP contribution in [0.15, 0.2) is 36.5 Å². The number of hydrogen-bond donors (Lipinski definition) is 9. The summed E-state index contributed by atoms with van der Waals surface area (Å²) in [5.74, 6) is -0.245. The van der Waals surface area contributed by atoms with Gasteiger partial charge in [-0.25, -0.2) is 0 Å². The zero-order valence-corrected chi connectivity index (χ0v) is 60.7. The molecule has 0 bridgehead atoms. The van der Waals surface area contributed by atoms with Crippen molar-refractivity contribution in [2.45, 2.75) is 447 Å². The van der Waals surface area contributed by atoms with Gasteiger partial charge >= 0.3 is 0 Å². The Morgan fingerprint density at radius 2 is 0.681 bits per heavy atom. The van der Waals surface area contributed by atoms with E-state index in [9.17, 15) is 45.6 Å². The number of amides is 1. The van der Waals surface area contributed by atoms with E-state index in [1.54, 1.807) is 6.08 Å². The van der Waals surface area contributed by atoms with Crippen LogP contribution in [-0.4, -0.2) is 140 Å². The highest BCUT2D eigenvalue weighted by atomic mass is 16.7. The Bertz CT molecular complexity index is 1720. The maximum atomic E-state index is 13.4. The van der Waals surface area contributed by atoms with Crippen LogP contribution in [0.4, 0.5) is 0 Å². The molecule has 2 rings (SSSR count). The third-order valence-corrected chi connectivity index (χ3v) is 19.8. The second-order valence-electron chi connectivity index (χ2n) is 28.5. The summed E-state index contributed by atoms with van der Waals surface area (Å²) >= 11 is 0. The molecule has 0 spiro atoms. The van der Waals surface area contributed by atoms with Gasteiger partial charge in [0.1, 0.15) is 48.8 Å². The van der Waals surface area contributed by atoms with Gasteiger partial charge in [-0.15, -0.1) is 0 Å². The number of aliphatic hydroxyl groups excluding tert-OH is 8. The number of carbonyl (C=O) groups is 1. The van der Waals surface area contributed by atoms with E-state index >= 15 is 0 Å². The first-order chi connectivity index (χ1) is 46.1. The van der Waals surface area contributed by atoms with Crippen molar-refractivity contribution < 1.29 is 64.6 Å². The van der Waals surface area contributed by atoms with Gasteiger partial charge in [0.25, 0.3) is 0 Å². The molecule has 2 heterocycles. The minimum absolute atomic E-state index is 0.245. The van der Waals surface area contributed by atoms with Crippen molar-refractivity contribution in [1.29, 1.82) is 0 Å². The number of hydrogen-bond acceptors (Lipinski definition) is 13. The van der Waals surface area contributed by atoms with Gasteiger partial charge < -0.3 is 65.1 Å². The molecule has 12 atom stereocenters. The van der Waals surface area contributed by atoms with Crippen LogP contribution in [0.3, 0.4) is 0 Å². The molecule has 0 radical (unpaired) electrons. The summed E-state index contributed by atoms with van der Waals surface area (Å²) in [4.78, 5) is 13.4. The van der Waals surface area contributed by atoms with Gasteiger partial charge in [-0.1, -0.05) is 359 Å². The van der Waals surface area contributed by atoms with Crippen molar-refractivity contribution in [2.24, 2.45) is 0 Å². The topological polar surface area (TPSA) is 228 Å². The fourth-order valence-electron chi connectivity index (χ4n) is 13.4. The number of allylic oxidation sites excluding steroid dienone is 5. The minimum Gasteiger partial charge on any atom is -0.394 e. The predicted octanol–water partition coefficient (Wildman–Crippen LogP) is 18.0. The van der Waals surface area contributed by atoms with E-state index in [-0.39, 0.29) is 18.9 Å². The summed E-state index contributed by atoms with van der Waals surface area (Å²) in [6, 6.07) is -0.938. The van der Waals surface area contributed by atoms with Crippen molar-refractivity contribution in [3.63, 3.8) is 0 Å². The first-order valence-corrected chi connectivity index (χ1v) is 40.2. The molecule has 1 amide bonds. The molecule has 0 aromatic carbocycles. The molecule has 0 aromatic rings. The highest BCUT2D eigenvalue weighted by Crippen LogP contribution is 2.30. The fraction of sp³-hybridized carbons (Fsp3) is 0.912. The molecule has 9 N–H and O–H groups in total. The Kier molecular flexibility index (Phi) is 60.7. The summed E-state index contributed by atoms with van der Waals surface area (Å²) in [7, 11) is 0. The first kappa shape index (κ1) is 88.3. The van der Waals surface area contributed by atoms with Gasteiger partial charge in [0.05, 0.1) is 32.0 Å². The Balaban J connectivity index is 1.59. The molecule has 2 aliphatic heterocycles. The van der Waals surface area contributed by atoms with E-state index in [1.165, 1.54) is 295 Å². The van der Waals surface area contributed by atoms with Crippen LogP contribution in [0.5, 0.6) is 0 Å². The van der Waals surface area contributed by atoms with Gasteiger partial charge in [0, 0.05) is 6.42 Å². The quantitative estimate of drug-likeness (QED) is 0.0204. The maximum Gasteiger partial charge on any atom is 0.220 e. The van der Waals surface area contributed by atoms with E-state index in [0.29, 0.717) is 12.8 Å². The lowest BCUT2D eigenvalue weighted by molar-refractivity contribution is -0.359. The molecular weight excluding hydrogens is 1180 g/mol. The lowest BCUT2D eigenvalue weighted by Gasteiger charge is -2.46. The molecule has 0 aromatic heterocycles. The largest absolute Gasteiger partial charge is 0.394 e. The Morgan fingerprint density at radius 1 is 0.372 bits per heavy atom. The van der Waals surface area contributed by atoms with Crippen LogP contribution in [0.25, 0.3) is 0 Å². The Morgan fingerprint density at radius 3 is 1.04 bits per heavy atom. The summed E-state index contributed by atoms with van der Waals surface area (Å²) in [6.07, 6.45) is 68.2. The highest BCUT2D eigenvalue weighted by molar-refractivity contribution is 5.76. The van der Waals surface area contributed by atoms with Crippen LogP contribution >= 0.6 is 0 Å². The molecule has 94 heavy (non-hydrogen) atoms. The van der Waals surface area contributed by atoms with Crippen LogP contribution in [0.2, 0.25) is 0 Å². The van der Waals surface area contributed by atoms with Crippen LogP contribution < -0.4 is 5.32 Å². The van der Waals surface area contributed by atoms with Gasteiger partial charge in [-0.3, -0.25) is 4.79 Å². The van der Waals surface area contributed by atoms with Crippen molar-refractivity contribution in [3.05, 3.63) is 36.5 Å². The predicted molar refractivity (Wildman–Crippen MR) is 388 cm³/mol. The fourth-order valence-corrected chi connectivity index (χ4v) is 13.4. The van der Waals surface area contributed by atoms with Crippen LogP contribution in [-0.2, 0) is 23.7 Å². The van der Waals surface area contributed by atoms with Crippen molar-refractivity contribution in [2.75, 3.05) is 19.8 Å². The van der Waals surface area contributed by atoms with E-state index in [1.807, 2.05) is 6.08 Å². The smallest absolute Gasteiger partial charge is 0.220 e. The second-order valence-corrected chi connectivity index (χ2v) is 28.5. The zero-order chi connectivity index (χ0) is 68.0. The number of ether oxygens (including phenoxy) is 4. The molecule has 14 heteroatoms. The van der Waals surface area contributed by atoms with Gasteiger partial charge in [0.2, 0.25) is 5.91 Å². The normalized spacial score (nSPS) is 22.6. The van der Waals surface area contributed by atoms with Crippen LogP contribution in [0, 0.1) is 0 Å². The standard InChI is InChI=1S/C80H151NO13/c1-3-5-7-9-11-13-15-17-19-21-23-25-27-28-29-30-31-32-33-34-35-36-37-38-39-40-41-42-44-46-48-50-52-54-56-58-60-62-64-72(85)81-68(67-91-79-77(90)75(88)78(71(66-83)93-79)94-80-76(89)74(87)73(86)70(65-82)92-80)69(84)63-61-59-57-55-53-51-49-47-45-43-26-24-22-20-18-16-14-12-10-8-6-4-2/h45,47,53,55,61,63,68-71,73-80,82-84,86-90H,3-44,46,48-52,54,56-60,62,64-67H2,1-2H3,(H,81,85)/b47-45+,55-53+,63-61+. The van der Waals surface area contributed by atoms with Crippen LogP contribution in [0.1, 0.15) is 373 Å². The first-order valence-electron chi connectivity index (χ1n) is 40.2. The summed E-state index contributed by atoms with van der Waals surface area (Å²) in [6.45, 7) is 2.83. The molecule has 2 saturated heterocycles. The molecule has 0 aliphatic carbocycles. The van der Waals surface area contributed by atoms with E-state index in [4.69, 9.17) is 18.9 Å². The second kappa shape index (κ2) is 64.6. The maximum absolute atomic E-state index is 13.4. The summed E-state index contributed by atoms with van der Waals surface area (Å²) in [5.41, 5.74) is 0. The molecule has 2 fully saturated rings. The monoisotopic (exact) mass is 1330 g/mol. The minimum atomic E-state index is -1.79. The van der Waals surface area contributed by atoms with Crippen molar-refractivity contribution >= 4 is 5.91 Å². The van der Waals surface area contributed by atoms with Crippen molar-refractivity contribution in [1.82, 2.24) is 5.32 Å². The average molecular weight is 1340 g/mol. The zero-order valence-electron chi connectivity index (χ0n) is 60.7. The van der Waals surface area contributed by atoms with Gasteiger partial charge in [-0.2, -0.15) is 0 Å². The summed E-state index contributed by atoms with van der Waals surface area (Å²) in [5, 5.41) is 87.5. The highest BCUT2D eigenvalue weighted by Gasteiger charge is 2.51. The Labute approximate surface area is 576 Å². The lowest BCUT2D eigenvalue weighted by atomic mass is 9.97. The van der Waals surface area contributed by atoms with Gasteiger partial charge in [0.15, 0.2) is 12.6 Å². The molecular formula is C80H151NO13.